The van der Waals surface area contributed by atoms with Gasteiger partial charge in [-0.1, -0.05) is 15.7 Å². The van der Waals surface area contributed by atoms with Gasteiger partial charge < -0.3 is 5.73 Å². The number of aromatic nitrogens is 3. The lowest BCUT2D eigenvalue weighted by atomic mass is 10.1. The largest absolute Gasteiger partial charge is 0.398 e. The second-order valence-corrected chi connectivity index (χ2v) is 6.50. The molecule has 0 aliphatic carbocycles. The third-order valence-corrected chi connectivity index (χ3v) is 5.02. The van der Waals surface area contributed by atoms with E-state index in [0.717, 1.165) is 17.1 Å². The van der Waals surface area contributed by atoms with E-state index in [0.29, 0.717) is 16.8 Å². The first-order valence-electron chi connectivity index (χ1n) is 5.37. The van der Waals surface area contributed by atoms with Crippen LogP contribution in [0.3, 0.4) is 0 Å². The fraction of sp³-hybridized carbons (Fsp3) is 0.300. The molecule has 2 aromatic rings. The summed E-state index contributed by atoms with van der Waals surface area (Å²) in [6.45, 7) is 5.25. The Morgan fingerprint density at radius 2 is 1.95 bits per heavy atom. The van der Waals surface area contributed by atoms with Crippen molar-refractivity contribution in [3.63, 3.8) is 0 Å². The topological polar surface area (TPSA) is 111 Å². The van der Waals surface area contributed by atoms with E-state index in [4.69, 9.17) is 5.73 Å². The average molecular weight is 299 g/mol. The van der Waals surface area contributed by atoms with Crippen molar-refractivity contribution >= 4 is 32.4 Å². The molecule has 1 heterocycles. The number of aryl methyl sites for hydroxylation is 2. The molecule has 3 N–H and O–H groups in total. The Labute approximate surface area is 115 Å². The summed E-state index contributed by atoms with van der Waals surface area (Å²) in [6, 6.07) is 1.75. The molecule has 9 heteroatoms. The van der Waals surface area contributed by atoms with Crippen molar-refractivity contribution in [1.82, 2.24) is 14.8 Å². The fourth-order valence-electron chi connectivity index (χ4n) is 1.93. The van der Waals surface area contributed by atoms with E-state index in [-0.39, 0.29) is 10.0 Å². The van der Waals surface area contributed by atoms with E-state index in [9.17, 15) is 8.42 Å². The van der Waals surface area contributed by atoms with Crippen LogP contribution in [-0.2, 0) is 10.0 Å². The van der Waals surface area contributed by atoms with Gasteiger partial charge in [-0.3, -0.25) is 4.72 Å². The minimum Gasteiger partial charge on any atom is -0.398 e. The molecule has 19 heavy (non-hydrogen) atoms. The molecule has 0 radical (unpaired) electrons. The zero-order valence-electron chi connectivity index (χ0n) is 10.6. The van der Waals surface area contributed by atoms with Gasteiger partial charge in [0.15, 0.2) is 0 Å². The smallest absolute Gasteiger partial charge is 0.264 e. The van der Waals surface area contributed by atoms with E-state index < -0.39 is 10.0 Å². The molecule has 0 amide bonds. The molecule has 0 fully saturated rings. The lowest BCUT2D eigenvalue weighted by molar-refractivity contribution is 0.600. The summed E-state index contributed by atoms with van der Waals surface area (Å²) < 4.78 is 30.5. The highest BCUT2D eigenvalue weighted by Gasteiger charge is 2.23. The first-order chi connectivity index (χ1) is 8.83. The Morgan fingerprint density at radius 1 is 1.26 bits per heavy atom. The first kappa shape index (κ1) is 13.7. The van der Waals surface area contributed by atoms with Crippen LogP contribution in [0.15, 0.2) is 11.0 Å². The molecule has 0 atom stereocenters. The number of nitrogens with one attached hydrogen (secondary N) is 1. The van der Waals surface area contributed by atoms with E-state index in [1.54, 1.807) is 19.9 Å². The number of sulfonamides is 1. The summed E-state index contributed by atoms with van der Waals surface area (Å²) in [7, 11) is -3.75. The number of hydrogen-bond acceptors (Lipinski definition) is 7. The Morgan fingerprint density at radius 3 is 2.53 bits per heavy atom. The summed E-state index contributed by atoms with van der Waals surface area (Å²) in [4.78, 5) is 0.172. The summed E-state index contributed by atoms with van der Waals surface area (Å²) in [6.07, 6.45) is 0. The molecule has 0 aliphatic rings. The van der Waals surface area contributed by atoms with Gasteiger partial charge in [0.1, 0.15) is 0 Å². The van der Waals surface area contributed by atoms with Crippen LogP contribution in [0.25, 0.3) is 0 Å². The summed E-state index contributed by atoms with van der Waals surface area (Å²) in [5.41, 5.74) is 8.38. The standard InChI is InChI=1S/C10H13N5O2S2/c1-5-4-6(2)9(7(3)8(5)11)19(16,17)13-10-12-14-15-18-10/h4H,11H2,1-3H3,(H,12,13,15). The molecular formula is C10H13N5O2S2. The number of rotatable bonds is 3. The average Bonchev–Trinajstić information content (AvgIpc) is 2.77. The first-order valence-corrected chi connectivity index (χ1v) is 7.62. The van der Waals surface area contributed by atoms with Gasteiger partial charge in [-0.05, 0) is 42.7 Å². The highest BCUT2D eigenvalue weighted by atomic mass is 32.2. The van der Waals surface area contributed by atoms with Gasteiger partial charge in [-0.15, -0.1) is 0 Å². The van der Waals surface area contributed by atoms with Crippen molar-refractivity contribution in [3.8, 4) is 0 Å². The molecule has 2 rings (SSSR count). The number of nitrogen functional groups attached to an aromatic ring is 1. The molecule has 1 aromatic carbocycles. The number of anilines is 2. The van der Waals surface area contributed by atoms with Gasteiger partial charge in [0.2, 0.25) is 5.13 Å². The lowest BCUT2D eigenvalue weighted by Crippen LogP contribution is -2.17. The van der Waals surface area contributed by atoms with E-state index >= 15 is 0 Å². The molecule has 0 saturated carbocycles. The maximum absolute atomic E-state index is 12.3. The second kappa shape index (κ2) is 4.74. The Kier molecular flexibility index (Phi) is 3.42. The normalized spacial score (nSPS) is 11.5. The molecule has 0 spiro atoms. The van der Waals surface area contributed by atoms with Gasteiger partial charge in [0.05, 0.1) is 4.90 Å². The van der Waals surface area contributed by atoms with Crippen LogP contribution in [0.4, 0.5) is 10.8 Å². The zero-order chi connectivity index (χ0) is 14.2. The number of nitrogens with zero attached hydrogens (tertiary/aromatic N) is 3. The molecule has 0 aliphatic heterocycles. The van der Waals surface area contributed by atoms with E-state index in [1.165, 1.54) is 0 Å². The summed E-state index contributed by atoms with van der Waals surface area (Å²) >= 11 is 0.870. The van der Waals surface area contributed by atoms with Crippen molar-refractivity contribution < 1.29 is 8.42 Å². The Bertz CT molecular complexity index is 710. The number of benzene rings is 1. The monoisotopic (exact) mass is 299 g/mol. The van der Waals surface area contributed by atoms with Crippen LogP contribution in [0, 0.1) is 20.8 Å². The van der Waals surface area contributed by atoms with Crippen LogP contribution >= 0.6 is 11.5 Å². The minimum atomic E-state index is -3.75. The predicted octanol–water partition coefficient (Wildman–Crippen LogP) is 1.24. The third-order valence-electron chi connectivity index (χ3n) is 2.75. The molecule has 0 bridgehead atoms. The highest BCUT2D eigenvalue weighted by Crippen LogP contribution is 2.29. The van der Waals surface area contributed by atoms with Crippen molar-refractivity contribution in [1.29, 1.82) is 0 Å². The minimum absolute atomic E-state index is 0.123. The molecular weight excluding hydrogens is 286 g/mol. The van der Waals surface area contributed by atoms with Crippen LogP contribution in [0.5, 0.6) is 0 Å². The molecule has 0 saturated heterocycles. The van der Waals surface area contributed by atoms with E-state index in [2.05, 4.69) is 19.5 Å². The van der Waals surface area contributed by atoms with Crippen LogP contribution in [-0.4, -0.2) is 23.2 Å². The molecule has 0 unspecified atom stereocenters. The van der Waals surface area contributed by atoms with Crippen molar-refractivity contribution in [3.05, 3.63) is 22.8 Å². The SMILES string of the molecule is Cc1cc(C)c(S(=O)(=O)Nc2nnns2)c(C)c1N. The maximum Gasteiger partial charge on any atom is 0.264 e. The van der Waals surface area contributed by atoms with Crippen molar-refractivity contribution in [2.24, 2.45) is 0 Å². The fourth-order valence-corrected chi connectivity index (χ4v) is 4.00. The summed E-state index contributed by atoms with van der Waals surface area (Å²) in [5.74, 6) is 0. The highest BCUT2D eigenvalue weighted by molar-refractivity contribution is 7.93. The Balaban J connectivity index is 2.55. The molecule has 7 nitrogen and oxygen atoms in total. The van der Waals surface area contributed by atoms with Gasteiger partial charge in [-0.25, -0.2) is 8.42 Å². The van der Waals surface area contributed by atoms with Gasteiger partial charge in [0.25, 0.3) is 10.0 Å². The predicted molar refractivity (Wildman–Crippen MR) is 73.6 cm³/mol. The molecule has 102 valence electrons. The molecule has 1 aromatic heterocycles. The second-order valence-electron chi connectivity index (χ2n) is 4.15. The zero-order valence-corrected chi connectivity index (χ0v) is 12.3. The van der Waals surface area contributed by atoms with Crippen LogP contribution < -0.4 is 10.5 Å². The van der Waals surface area contributed by atoms with Gasteiger partial charge >= 0.3 is 0 Å². The van der Waals surface area contributed by atoms with Crippen molar-refractivity contribution in [2.75, 3.05) is 10.5 Å². The van der Waals surface area contributed by atoms with E-state index in [1.807, 2.05) is 6.92 Å². The maximum atomic E-state index is 12.3. The van der Waals surface area contributed by atoms with Gasteiger partial charge in [0, 0.05) is 17.2 Å². The summed E-state index contributed by atoms with van der Waals surface area (Å²) in [5, 5.41) is 7.03. The van der Waals surface area contributed by atoms with Crippen molar-refractivity contribution in [2.45, 2.75) is 25.7 Å². The number of hydrogen-bond donors (Lipinski definition) is 2. The third kappa shape index (κ3) is 2.51. The lowest BCUT2D eigenvalue weighted by Gasteiger charge is -2.14. The van der Waals surface area contributed by atoms with Crippen LogP contribution in [0.2, 0.25) is 0 Å². The van der Waals surface area contributed by atoms with Crippen LogP contribution in [0.1, 0.15) is 16.7 Å². The quantitative estimate of drug-likeness (QED) is 0.825. The Hall–Kier alpha value is -1.74. The number of nitrogens with two attached hydrogens (primary N) is 1. The van der Waals surface area contributed by atoms with Gasteiger partial charge in [-0.2, -0.15) is 0 Å².